The average molecular weight is 222 g/mol. The number of benzene rings is 1. The van der Waals surface area contributed by atoms with Gasteiger partial charge in [-0.1, -0.05) is 13.3 Å². The zero-order chi connectivity index (χ0) is 12.2. The fourth-order valence-corrected chi connectivity index (χ4v) is 1.83. The molecular weight excluding hydrogens is 200 g/mol. The summed E-state index contributed by atoms with van der Waals surface area (Å²) in [4.78, 5) is 0. The van der Waals surface area contributed by atoms with E-state index in [0.29, 0.717) is 0 Å². The van der Waals surface area contributed by atoms with E-state index in [1.165, 1.54) is 0 Å². The Kier molecular flexibility index (Phi) is 4.05. The zero-order valence-electron chi connectivity index (χ0n) is 10.6. The van der Waals surface area contributed by atoms with E-state index in [9.17, 15) is 0 Å². The minimum atomic E-state index is 0.0669. The van der Waals surface area contributed by atoms with Crippen molar-refractivity contribution in [3.8, 4) is 5.75 Å². The molecule has 0 bridgehead atoms. The third-order valence-electron chi connectivity index (χ3n) is 2.61. The summed E-state index contributed by atoms with van der Waals surface area (Å²) in [7, 11) is 1.64. The lowest BCUT2D eigenvalue weighted by atomic mass is 9.98. The van der Waals surface area contributed by atoms with Gasteiger partial charge < -0.3 is 15.8 Å². The second-order valence-electron chi connectivity index (χ2n) is 4.71. The van der Waals surface area contributed by atoms with E-state index in [4.69, 9.17) is 10.5 Å². The predicted octanol–water partition coefficient (Wildman–Crippen LogP) is 3.27. The standard InChI is InChI=1S/C13H22N2O/c1-5-8-13(2,3)15-12-7-6-10(16-4)9-11(12)14/h6-7,9,15H,5,8,14H2,1-4H3. The molecule has 0 unspecified atom stereocenters. The fraction of sp³-hybridized carbons (Fsp3) is 0.538. The molecule has 3 heteroatoms. The topological polar surface area (TPSA) is 47.3 Å². The van der Waals surface area contributed by atoms with Crippen LogP contribution in [0.4, 0.5) is 11.4 Å². The maximum atomic E-state index is 5.96. The number of nitrogens with two attached hydrogens (primary N) is 1. The van der Waals surface area contributed by atoms with E-state index >= 15 is 0 Å². The second-order valence-corrected chi connectivity index (χ2v) is 4.71. The molecule has 1 aromatic rings. The van der Waals surface area contributed by atoms with E-state index in [1.807, 2.05) is 18.2 Å². The van der Waals surface area contributed by atoms with E-state index in [1.54, 1.807) is 7.11 Å². The van der Waals surface area contributed by atoms with Crippen LogP contribution in [0.2, 0.25) is 0 Å². The molecule has 0 atom stereocenters. The number of ether oxygens (including phenoxy) is 1. The van der Waals surface area contributed by atoms with Gasteiger partial charge in [0, 0.05) is 11.6 Å². The Morgan fingerprint density at radius 2 is 2.06 bits per heavy atom. The molecule has 0 aliphatic rings. The van der Waals surface area contributed by atoms with Gasteiger partial charge in [-0.2, -0.15) is 0 Å². The summed E-state index contributed by atoms with van der Waals surface area (Å²) in [5.41, 5.74) is 7.72. The van der Waals surface area contributed by atoms with Crippen molar-refractivity contribution in [3.05, 3.63) is 18.2 Å². The van der Waals surface area contributed by atoms with Crippen molar-refractivity contribution in [2.75, 3.05) is 18.2 Å². The molecule has 0 saturated heterocycles. The largest absolute Gasteiger partial charge is 0.497 e. The molecule has 0 heterocycles. The van der Waals surface area contributed by atoms with Crippen LogP contribution in [-0.4, -0.2) is 12.6 Å². The Balaban J connectivity index is 2.81. The van der Waals surface area contributed by atoms with Crippen LogP contribution in [0.25, 0.3) is 0 Å². The second kappa shape index (κ2) is 5.10. The van der Waals surface area contributed by atoms with E-state index in [-0.39, 0.29) is 5.54 Å². The van der Waals surface area contributed by atoms with Crippen molar-refractivity contribution in [3.63, 3.8) is 0 Å². The summed E-state index contributed by atoms with van der Waals surface area (Å²) in [6.07, 6.45) is 2.26. The average Bonchev–Trinajstić information content (AvgIpc) is 2.20. The first-order valence-electron chi connectivity index (χ1n) is 5.70. The minimum absolute atomic E-state index is 0.0669. The van der Waals surface area contributed by atoms with Gasteiger partial charge >= 0.3 is 0 Å². The summed E-state index contributed by atoms with van der Waals surface area (Å²) in [6.45, 7) is 6.54. The van der Waals surface area contributed by atoms with Gasteiger partial charge in [-0.15, -0.1) is 0 Å². The van der Waals surface area contributed by atoms with Gasteiger partial charge in [-0.05, 0) is 32.4 Å². The number of hydrogen-bond acceptors (Lipinski definition) is 3. The summed E-state index contributed by atoms with van der Waals surface area (Å²) in [5, 5.41) is 3.46. The Morgan fingerprint density at radius 3 is 2.56 bits per heavy atom. The number of rotatable bonds is 5. The fourth-order valence-electron chi connectivity index (χ4n) is 1.83. The maximum Gasteiger partial charge on any atom is 0.121 e. The predicted molar refractivity (Wildman–Crippen MR) is 70.0 cm³/mol. The maximum absolute atomic E-state index is 5.96. The first-order chi connectivity index (χ1) is 7.48. The molecule has 90 valence electrons. The number of nitrogens with one attached hydrogen (secondary N) is 1. The van der Waals surface area contributed by atoms with Crippen molar-refractivity contribution in [1.29, 1.82) is 0 Å². The normalized spacial score (nSPS) is 11.2. The molecule has 0 aromatic heterocycles. The van der Waals surface area contributed by atoms with Crippen LogP contribution >= 0.6 is 0 Å². The first kappa shape index (κ1) is 12.7. The SMILES string of the molecule is CCCC(C)(C)Nc1ccc(OC)cc1N. The summed E-state index contributed by atoms with van der Waals surface area (Å²) >= 11 is 0. The quantitative estimate of drug-likeness (QED) is 0.752. The van der Waals surface area contributed by atoms with Crippen molar-refractivity contribution >= 4 is 11.4 Å². The minimum Gasteiger partial charge on any atom is -0.497 e. The van der Waals surface area contributed by atoms with Gasteiger partial charge in [-0.3, -0.25) is 0 Å². The number of anilines is 2. The highest BCUT2D eigenvalue weighted by molar-refractivity contribution is 5.68. The third kappa shape index (κ3) is 3.33. The molecule has 0 aliphatic carbocycles. The highest BCUT2D eigenvalue weighted by atomic mass is 16.5. The summed E-state index contributed by atoms with van der Waals surface area (Å²) in [6, 6.07) is 5.72. The molecule has 3 nitrogen and oxygen atoms in total. The third-order valence-corrected chi connectivity index (χ3v) is 2.61. The van der Waals surface area contributed by atoms with Crippen molar-refractivity contribution in [1.82, 2.24) is 0 Å². The molecular formula is C13H22N2O. The van der Waals surface area contributed by atoms with E-state index < -0.39 is 0 Å². The molecule has 0 fully saturated rings. The van der Waals surface area contributed by atoms with Crippen LogP contribution in [0.1, 0.15) is 33.6 Å². The van der Waals surface area contributed by atoms with Crippen LogP contribution < -0.4 is 15.8 Å². The van der Waals surface area contributed by atoms with Crippen molar-refractivity contribution < 1.29 is 4.74 Å². The van der Waals surface area contributed by atoms with Crippen LogP contribution in [0, 0.1) is 0 Å². The first-order valence-corrected chi connectivity index (χ1v) is 5.70. The molecule has 1 rings (SSSR count). The van der Waals surface area contributed by atoms with Crippen LogP contribution in [0.3, 0.4) is 0 Å². The Bertz CT molecular complexity index is 348. The lowest BCUT2D eigenvalue weighted by molar-refractivity contribution is 0.415. The van der Waals surface area contributed by atoms with Crippen LogP contribution in [0.15, 0.2) is 18.2 Å². The molecule has 1 aromatic carbocycles. The van der Waals surface area contributed by atoms with E-state index in [0.717, 1.165) is 30.0 Å². The number of methoxy groups -OCH3 is 1. The molecule has 0 amide bonds. The highest BCUT2D eigenvalue weighted by Crippen LogP contribution is 2.28. The Labute approximate surface area is 98.0 Å². The van der Waals surface area contributed by atoms with Crippen molar-refractivity contribution in [2.45, 2.75) is 39.2 Å². The lowest BCUT2D eigenvalue weighted by Crippen LogP contribution is -2.30. The van der Waals surface area contributed by atoms with Crippen LogP contribution in [0.5, 0.6) is 5.75 Å². The van der Waals surface area contributed by atoms with E-state index in [2.05, 4.69) is 26.1 Å². The molecule has 0 spiro atoms. The number of nitrogen functional groups attached to an aromatic ring is 1. The zero-order valence-corrected chi connectivity index (χ0v) is 10.6. The van der Waals surface area contributed by atoms with Gasteiger partial charge in [0.15, 0.2) is 0 Å². The molecule has 0 aliphatic heterocycles. The number of hydrogen-bond donors (Lipinski definition) is 2. The van der Waals surface area contributed by atoms with Gasteiger partial charge in [0.05, 0.1) is 18.5 Å². The van der Waals surface area contributed by atoms with Crippen LogP contribution in [-0.2, 0) is 0 Å². The van der Waals surface area contributed by atoms with Crippen molar-refractivity contribution in [2.24, 2.45) is 0 Å². The molecule has 0 saturated carbocycles. The Hall–Kier alpha value is -1.38. The smallest absolute Gasteiger partial charge is 0.121 e. The van der Waals surface area contributed by atoms with Gasteiger partial charge in [0.25, 0.3) is 0 Å². The monoisotopic (exact) mass is 222 g/mol. The van der Waals surface area contributed by atoms with Gasteiger partial charge in [0.2, 0.25) is 0 Å². The van der Waals surface area contributed by atoms with Gasteiger partial charge in [-0.25, -0.2) is 0 Å². The summed E-state index contributed by atoms with van der Waals surface area (Å²) in [5.74, 6) is 0.788. The lowest BCUT2D eigenvalue weighted by Gasteiger charge is -2.28. The Morgan fingerprint density at radius 1 is 1.38 bits per heavy atom. The van der Waals surface area contributed by atoms with Gasteiger partial charge in [0.1, 0.15) is 5.75 Å². The summed E-state index contributed by atoms with van der Waals surface area (Å²) < 4.78 is 5.12. The molecule has 3 N–H and O–H groups in total. The molecule has 0 radical (unpaired) electrons. The highest BCUT2D eigenvalue weighted by Gasteiger charge is 2.17. The molecule has 16 heavy (non-hydrogen) atoms.